The van der Waals surface area contributed by atoms with Crippen molar-refractivity contribution < 1.29 is 24.2 Å². The number of aliphatic hydroxyl groups is 1. The van der Waals surface area contributed by atoms with Crippen molar-refractivity contribution in [3.05, 3.63) is 30.3 Å². The van der Waals surface area contributed by atoms with Crippen LogP contribution in [0.3, 0.4) is 0 Å². The van der Waals surface area contributed by atoms with Crippen LogP contribution in [0.1, 0.15) is 32.6 Å². The number of aliphatic hydroxyl groups excluding tert-OH is 1. The number of ether oxygens (including phenoxy) is 2. The standard InChI is InChI=1S/C18H27NO5/c1-2-23-18(22)11-13-19(12-7-14-20)17(21)10-6-15-24-16-8-4-3-5-9-16/h3-5,8-9,20H,2,6-7,10-15H2,1H3. The van der Waals surface area contributed by atoms with Crippen LogP contribution < -0.4 is 4.74 Å². The fourth-order valence-electron chi connectivity index (χ4n) is 2.17. The van der Waals surface area contributed by atoms with Gasteiger partial charge < -0.3 is 19.5 Å². The van der Waals surface area contributed by atoms with Gasteiger partial charge in [0.15, 0.2) is 0 Å². The van der Waals surface area contributed by atoms with Gasteiger partial charge in [-0.25, -0.2) is 0 Å². The number of rotatable bonds is 12. The molecule has 1 rings (SSSR count). The molecule has 6 heteroatoms. The minimum absolute atomic E-state index is 0.0142. The minimum Gasteiger partial charge on any atom is -0.494 e. The number of amides is 1. The van der Waals surface area contributed by atoms with E-state index in [1.165, 1.54) is 0 Å². The Bertz CT molecular complexity index is 478. The molecule has 0 saturated heterocycles. The first kappa shape index (κ1) is 20.0. The summed E-state index contributed by atoms with van der Waals surface area (Å²) in [5.74, 6) is 0.431. The van der Waals surface area contributed by atoms with Crippen molar-refractivity contribution in [1.82, 2.24) is 4.90 Å². The highest BCUT2D eigenvalue weighted by Crippen LogP contribution is 2.09. The quantitative estimate of drug-likeness (QED) is 0.466. The number of carbonyl (C=O) groups is 2. The Balaban J connectivity index is 2.32. The zero-order valence-corrected chi connectivity index (χ0v) is 14.3. The van der Waals surface area contributed by atoms with Crippen molar-refractivity contribution in [2.45, 2.75) is 32.6 Å². The normalized spacial score (nSPS) is 10.2. The molecule has 24 heavy (non-hydrogen) atoms. The number of esters is 1. The monoisotopic (exact) mass is 337 g/mol. The summed E-state index contributed by atoms with van der Waals surface area (Å²) in [4.78, 5) is 25.3. The van der Waals surface area contributed by atoms with Crippen LogP contribution in [0.15, 0.2) is 30.3 Å². The maximum Gasteiger partial charge on any atom is 0.307 e. The number of hydrogen-bond acceptors (Lipinski definition) is 5. The van der Waals surface area contributed by atoms with Crippen LogP contribution in [0.5, 0.6) is 5.75 Å². The molecular weight excluding hydrogens is 310 g/mol. The van der Waals surface area contributed by atoms with Crippen LogP contribution >= 0.6 is 0 Å². The molecule has 1 N–H and O–H groups in total. The van der Waals surface area contributed by atoms with Gasteiger partial charge in [0, 0.05) is 26.1 Å². The van der Waals surface area contributed by atoms with E-state index in [-0.39, 0.29) is 24.9 Å². The molecule has 0 bridgehead atoms. The maximum atomic E-state index is 12.3. The molecule has 0 radical (unpaired) electrons. The van der Waals surface area contributed by atoms with Gasteiger partial charge >= 0.3 is 5.97 Å². The number of hydrogen-bond donors (Lipinski definition) is 1. The second-order valence-corrected chi connectivity index (χ2v) is 5.28. The summed E-state index contributed by atoms with van der Waals surface area (Å²) in [6.07, 6.45) is 1.62. The predicted molar refractivity (Wildman–Crippen MR) is 90.7 cm³/mol. The summed E-state index contributed by atoms with van der Waals surface area (Å²) in [6.45, 7) is 3.31. The summed E-state index contributed by atoms with van der Waals surface area (Å²) >= 11 is 0. The Kier molecular flexibility index (Phi) is 10.3. The lowest BCUT2D eigenvalue weighted by Gasteiger charge is -2.22. The number of nitrogens with zero attached hydrogens (tertiary/aromatic N) is 1. The van der Waals surface area contributed by atoms with E-state index >= 15 is 0 Å². The van der Waals surface area contributed by atoms with Crippen molar-refractivity contribution in [3.63, 3.8) is 0 Å². The van der Waals surface area contributed by atoms with Gasteiger partial charge in [0.05, 0.1) is 19.6 Å². The molecule has 0 spiro atoms. The molecule has 0 fully saturated rings. The van der Waals surface area contributed by atoms with E-state index in [1.807, 2.05) is 30.3 Å². The van der Waals surface area contributed by atoms with Gasteiger partial charge in [-0.2, -0.15) is 0 Å². The second-order valence-electron chi connectivity index (χ2n) is 5.28. The average Bonchev–Trinajstić information content (AvgIpc) is 2.60. The van der Waals surface area contributed by atoms with E-state index in [9.17, 15) is 9.59 Å². The van der Waals surface area contributed by atoms with Gasteiger partial charge in [0.25, 0.3) is 0 Å². The molecule has 0 aliphatic rings. The van der Waals surface area contributed by atoms with Gasteiger partial charge in [-0.1, -0.05) is 18.2 Å². The third-order valence-corrected chi connectivity index (χ3v) is 3.38. The van der Waals surface area contributed by atoms with Crippen molar-refractivity contribution in [3.8, 4) is 5.75 Å². The van der Waals surface area contributed by atoms with E-state index in [1.54, 1.807) is 11.8 Å². The maximum absolute atomic E-state index is 12.3. The van der Waals surface area contributed by atoms with Crippen molar-refractivity contribution in [2.24, 2.45) is 0 Å². The largest absolute Gasteiger partial charge is 0.494 e. The molecule has 0 unspecified atom stereocenters. The Labute approximate surface area is 143 Å². The summed E-state index contributed by atoms with van der Waals surface area (Å²) in [5.41, 5.74) is 0. The first-order valence-electron chi connectivity index (χ1n) is 8.39. The van der Waals surface area contributed by atoms with E-state index in [4.69, 9.17) is 14.6 Å². The third kappa shape index (κ3) is 8.53. The SMILES string of the molecule is CCOC(=O)CCN(CCCO)C(=O)CCCOc1ccccc1. The van der Waals surface area contributed by atoms with Crippen LogP contribution in [-0.4, -0.2) is 54.8 Å². The van der Waals surface area contributed by atoms with Crippen LogP contribution in [0, 0.1) is 0 Å². The number of benzene rings is 1. The van der Waals surface area contributed by atoms with Gasteiger partial charge in [-0.3, -0.25) is 9.59 Å². The summed E-state index contributed by atoms with van der Waals surface area (Å²) in [6, 6.07) is 9.45. The van der Waals surface area contributed by atoms with Gasteiger partial charge in [0.2, 0.25) is 5.91 Å². The van der Waals surface area contributed by atoms with E-state index in [2.05, 4.69) is 0 Å². The van der Waals surface area contributed by atoms with Crippen molar-refractivity contribution >= 4 is 11.9 Å². The number of carbonyl (C=O) groups excluding carboxylic acids is 2. The molecule has 1 aromatic carbocycles. The molecule has 0 saturated carbocycles. The molecular formula is C18H27NO5. The van der Waals surface area contributed by atoms with Crippen LogP contribution in [0.4, 0.5) is 0 Å². The lowest BCUT2D eigenvalue weighted by atomic mass is 10.2. The molecule has 134 valence electrons. The first-order chi connectivity index (χ1) is 11.7. The molecule has 0 atom stereocenters. The second kappa shape index (κ2) is 12.4. The smallest absolute Gasteiger partial charge is 0.307 e. The van der Waals surface area contributed by atoms with E-state index in [0.29, 0.717) is 45.6 Å². The summed E-state index contributed by atoms with van der Waals surface area (Å²) in [7, 11) is 0. The highest BCUT2D eigenvalue weighted by atomic mass is 16.5. The fraction of sp³-hybridized carbons (Fsp3) is 0.556. The molecule has 1 amide bonds. The van der Waals surface area contributed by atoms with E-state index < -0.39 is 0 Å². The van der Waals surface area contributed by atoms with Gasteiger partial charge in [-0.05, 0) is 31.9 Å². The molecule has 0 aliphatic heterocycles. The molecule has 1 aromatic rings. The Hall–Kier alpha value is -2.08. The van der Waals surface area contributed by atoms with Crippen molar-refractivity contribution in [1.29, 1.82) is 0 Å². The number of para-hydroxylation sites is 1. The van der Waals surface area contributed by atoms with E-state index in [0.717, 1.165) is 5.75 Å². The van der Waals surface area contributed by atoms with Crippen molar-refractivity contribution in [2.75, 3.05) is 32.9 Å². The Morgan fingerprint density at radius 1 is 1.08 bits per heavy atom. The highest BCUT2D eigenvalue weighted by molar-refractivity contribution is 5.77. The Morgan fingerprint density at radius 2 is 1.83 bits per heavy atom. The Morgan fingerprint density at radius 3 is 2.50 bits per heavy atom. The lowest BCUT2D eigenvalue weighted by molar-refractivity contribution is -0.144. The van der Waals surface area contributed by atoms with Gasteiger partial charge in [0.1, 0.15) is 5.75 Å². The summed E-state index contributed by atoms with van der Waals surface area (Å²) < 4.78 is 10.4. The molecule has 0 heterocycles. The molecule has 0 aliphatic carbocycles. The van der Waals surface area contributed by atoms with Gasteiger partial charge in [-0.15, -0.1) is 0 Å². The predicted octanol–water partition coefficient (Wildman–Crippen LogP) is 2.01. The van der Waals surface area contributed by atoms with Crippen LogP contribution in [0.25, 0.3) is 0 Å². The lowest BCUT2D eigenvalue weighted by Crippen LogP contribution is -2.34. The topological polar surface area (TPSA) is 76.1 Å². The first-order valence-corrected chi connectivity index (χ1v) is 8.39. The van der Waals surface area contributed by atoms with Crippen LogP contribution in [-0.2, 0) is 14.3 Å². The minimum atomic E-state index is -0.313. The average molecular weight is 337 g/mol. The highest BCUT2D eigenvalue weighted by Gasteiger charge is 2.15. The third-order valence-electron chi connectivity index (χ3n) is 3.38. The van der Waals surface area contributed by atoms with Crippen LogP contribution in [0.2, 0.25) is 0 Å². The molecule has 0 aromatic heterocycles. The summed E-state index contributed by atoms with van der Waals surface area (Å²) in [5, 5.41) is 8.95. The fourth-order valence-corrected chi connectivity index (χ4v) is 2.17. The zero-order valence-electron chi connectivity index (χ0n) is 14.3. The zero-order chi connectivity index (χ0) is 17.6. The molecule has 6 nitrogen and oxygen atoms in total.